The minimum absolute atomic E-state index is 0.254. The van der Waals surface area contributed by atoms with Crippen LogP contribution >= 0.6 is 0 Å². The van der Waals surface area contributed by atoms with Gasteiger partial charge in [-0.05, 0) is 35.0 Å². The Balaban J connectivity index is 2.42. The van der Waals surface area contributed by atoms with Gasteiger partial charge < -0.3 is 5.73 Å². The summed E-state index contributed by atoms with van der Waals surface area (Å²) in [6, 6.07) is 3.04. The molecule has 1 heterocycles. The molecule has 0 radical (unpaired) electrons. The summed E-state index contributed by atoms with van der Waals surface area (Å²) in [6.45, 7) is 1.99. The van der Waals surface area contributed by atoms with E-state index in [1.807, 2.05) is 0 Å². The lowest BCUT2D eigenvalue weighted by Crippen LogP contribution is -2.10. The summed E-state index contributed by atoms with van der Waals surface area (Å²) >= 11 is 0. The van der Waals surface area contributed by atoms with E-state index in [4.69, 9.17) is 5.73 Å². The second-order valence-electron chi connectivity index (χ2n) is 4.20. The maximum absolute atomic E-state index is 14.1. The van der Waals surface area contributed by atoms with Gasteiger partial charge in [-0.15, -0.1) is 5.10 Å². The number of halogens is 1. The van der Waals surface area contributed by atoms with Crippen molar-refractivity contribution in [3.8, 4) is 11.4 Å². The SMILES string of the molecule is Cc1cc(N)cc(-c2nnnn2CCS(C)=O)c1F. The molecule has 19 heavy (non-hydrogen) atoms. The number of tetrazole rings is 1. The third kappa shape index (κ3) is 2.95. The molecule has 1 aromatic heterocycles. The first kappa shape index (κ1) is 13.6. The van der Waals surface area contributed by atoms with E-state index in [2.05, 4.69) is 15.5 Å². The Kier molecular flexibility index (Phi) is 3.89. The van der Waals surface area contributed by atoms with E-state index in [0.717, 1.165) is 0 Å². The molecule has 0 fully saturated rings. The normalized spacial score (nSPS) is 12.6. The molecule has 2 aromatic rings. The number of rotatable bonds is 4. The number of benzene rings is 1. The zero-order chi connectivity index (χ0) is 14.0. The van der Waals surface area contributed by atoms with Crippen molar-refractivity contribution in [2.75, 3.05) is 17.7 Å². The van der Waals surface area contributed by atoms with Gasteiger partial charge >= 0.3 is 0 Å². The molecule has 0 aliphatic heterocycles. The molecule has 0 aliphatic carbocycles. The van der Waals surface area contributed by atoms with Crippen LogP contribution in [-0.2, 0) is 17.3 Å². The van der Waals surface area contributed by atoms with E-state index in [1.165, 1.54) is 10.7 Å². The number of anilines is 1. The fourth-order valence-electron chi connectivity index (χ4n) is 1.72. The Labute approximate surface area is 112 Å². The largest absolute Gasteiger partial charge is 0.399 e. The highest BCUT2D eigenvalue weighted by atomic mass is 32.2. The van der Waals surface area contributed by atoms with E-state index in [0.29, 0.717) is 29.4 Å². The standard InChI is InChI=1S/C11H14FN5OS/c1-7-5-8(13)6-9(10(7)12)11-14-15-16-17(11)3-4-19(2)18/h5-6H,3-4,13H2,1-2H3. The molecule has 0 spiro atoms. The first-order valence-electron chi connectivity index (χ1n) is 5.61. The van der Waals surface area contributed by atoms with Gasteiger partial charge in [-0.25, -0.2) is 9.07 Å². The molecule has 0 bridgehead atoms. The molecule has 6 nitrogen and oxygen atoms in total. The molecule has 0 saturated carbocycles. The lowest BCUT2D eigenvalue weighted by atomic mass is 10.1. The van der Waals surface area contributed by atoms with Gasteiger partial charge in [0.05, 0.1) is 12.1 Å². The van der Waals surface area contributed by atoms with E-state index < -0.39 is 16.6 Å². The predicted octanol–water partition coefficient (Wildman–Crippen LogP) is 0.748. The van der Waals surface area contributed by atoms with Crippen LogP contribution in [0.1, 0.15) is 5.56 Å². The topological polar surface area (TPSA) is 86.7 Å². The fourth-order valence-corrected chi connectivity index (χ4v) is 2.15. The minimum atomic E-state index is -0.964. The van der Waals surface area contributed by atoms with Crippen molar-refractivity contribution in [2.24, 2.45) is 0 Å². The molecule has 8 heteroatoms. The van der Waals surface area contributed by atoms with Crippen molar-refractivity contribution >= 4 is 16.5 Å². The Hall–Kier alpha value is -1.83. The highest BCUT2D eigenvalue weighted by Crippen LogP contribution is 2.25. The average molecular weight is 283 g/mol. The minimum Gasteiger partial charge on any atom is -0.399 e. The Bertz CT molecular complexity index is 628. The lowest BCUT2D eigenvalue weighted by Gasteiger charge is -2.07. The van der Waals surface area contributed by atoms with Crippen molar-refractivity contribution in [3.05, 3.63) is 23.5 Å². The van der Waals surface area contributed by atoms with E-state index in [9.17, 15) is 8.60 Å². The summed E-state index contributed by atoms with van der Waals surface area (Å²) in [5.41, 5.74) is 6.85. The highest BCUT2D eigenvalue weighted by Gasteiger charge is 2.16. The number of nitrogens with two attached hydrogens (primary N) is 1. The van der Waals surface area contributed by atoms with Crippen LogP contribution in [0.2, 0.25) is 0 Å². The van der Waals surface area contributed by atoms with Gasteiger partial charge in [0.2, 0.25) is 0 Å². The average Bonchev–Trinajstić information content (AvgIpc) is 2.79. The van der Waals surface area contributed by atoms with Crippen molar-refractivity contribution < 1.29 is 8.60 Å². The molecule has 1 unspecified atom stereocenters. The molecule has 1 aromatic carbocycles. The molecular formula is C11H14FN5OS. The van der Waals surface area contributed by atoms with Crippen molar-refractivity contribution in [2.45, 2.75) is 13.5 Å². The molecule has 2 rings (SSSR count). The van der Waals surface area contributed by atoms with Crippen molar-refractivity contribution in [3.63, 3.8) is 0 Å². The zero-order valence-electron chi connectivity index (χ0n) is 10.6. The molecule has 2 N–H and O–H groups in total. The summed E-state index contributed by atoms with van der Waals surface area (Å²) in [4.78, 5) is 0. The maximum Gasteiger partial charge on any atom is 0.185 e. The van der Waals surface area contributed by atoms with Crippen LogP contribution in [0, 0.1) is 12.7 Å². The van der Waals surface area contributed by atoms with E-state index >= 15 is 0 Å². The number of aryl methyl sites for hydroxylation is 2. The van der Waals surface area contributed by atoms with Gasteiger partial charge in [0, 0.05) is 28.5 Å². The zero-order valence-corrected chi connectivity index (χ0v) is 11.4. The second-order valence-corrected chi connectivity index (χ2v) is 5.76. The monoisotopic (exact) mass is 283 g/mol. The van der Waals surface area contributed by atoms with Gasteiger partial charge in [0.1, 0.15) is 5.82 Å². The summed E-state index contributed by atoms with van der Waals surface area (Å²) < 4.78 is 26.6. The van der Waals surface area contributed by atoms with E-state index in [1.54, 1.807) is 19.2 Å². The Morgan fingerprint density at radius 2 is 2.21 bits per heavy atom. The molecule has 0 amide bonds. The maximum atomic E-state index is 14.1. The quantitative estimate of drug-likeness (QED) is 0.837. The van der Waals surface area contributed by atoms with Crippen LogP contribution < -0.4 is 5.73 Å². The van der Waals surface area contributed by atoms with Crippen LogP contribution in [0.4, 0.5) is 10.1 Å². The van der Waals surface area contributed by atoms with Crippen LogP contribution in [0.25, 0.3) is 11.4 Å². The smallest absolute Gasteiger partial charge is 0.185 e. The predicted molar refractivity (Wildman–Crippen MR) is 71.3 cm³/mol. The second kappa shape index (κ2) is 5.43. The molecular weight excluding hydrogens is 269 g/mol. The molecule has 0 aliphatic rings. The fraction of sp³-hybridized carbons (Fsp3) is 0.364. The number of hydrogen-bond acceptors (Lipinski definition) is 5. The molecule has 102 valence electrons. The van der Waals surface area contributed by atoms with Crippen LogP contribution in [0.15, 0.2) is 12.1 Å². The summed E-state index contributed by atoms with van der Waals surface area (Å²) in [7, 11) is -0.964. The van der Waals surface area contributed by atoms with Gasteiger partial charge in [0.25, 0.3) is 0 Å². The summed E-state index contributed by atoms with van der Waals surface area (Å²) in [6.07, 6.45) is 1.59. The molecule has 0 saturated heterocycles. The van der Waals surface area contributed by atoms with Crippen LogP contribution in [-0.4, -0.2) is 36.4 Å². The van der Waals surface area contributed by atoms with Crippen molar-refractivity contribution in [1.29, 1.82) is 0 Å². The molecule has 1 atom stereocenters. The summed E-state index contributed by atoms with van der Waals surface area (Å²) in [5, 5.41) is 11.1. The number of nitrogen functional groups attached to an aromatic ring is 1. The Morgan fingerprint density at radius 1 is 1.47 bits per heavy atom. The number of hydrogen-bond donors (Lipinski definition) is 1. The van der Waals surface area contributed by atoms with Gasteiger partial charge in [-0.1, -0.05) is 0 Å². The van der Waals surface area contributed by atoms with Crippen molar-refractivity contribution in [1.82, 2.24) is 20.2 Å². The van der Waals surface area contributed by atoms with Gasteiger partial charge in [-0.3, -0.25) is 4.21 Å². The number of nitrogens with zero attached hydrogens (tertiary/aromatic N) is 4. The van der Waals surface area contributed by atoms with Gasteiger partial charge in [0.15, 0.2) is 5.82 Å². The highest BCUT2D eigenvalue weighted by molar-refractivity contribution is 7.84. The number of aromatic nitrogens is 4. The van der Waals surface area contributed by atoms with Crippen LogP contribution in [0.5, 0.6) is 0 Å². The first-order valence-corrected chi connectivity index (χ1v) is 7.34. The van der Waals surface area contributed by atoms with Crippen LogP contribution in [0.3, 0.4) is 0 Å². The third-order valence-corrected chi connectivity index (χ3v) is 3.40. The lowest BCUT2D eigenvalue weighted by molar-refractivity contribution is 0.607. The summed E-state index contributed by atoms with van der Waals surface area (Å²) in [5.74, 6) is 0.294. The Morgan fingerprint density at radius 3 is 2.89 bits per heavy atom. The third-order valence-electron chi connectivity index (χ3n) is 2.64. The first-order chi connectivity index (χ1) is 8.99. The van der Waals surface area contributed by atoms with Gasteiger partial charge in [-0.2, -0.15) is 0 Å². The van der Waals surface area contributed by atoms with E-state index in [-0.39, 0.29) is 5.56 Å².